The van der Waals surface area contributed by atoms with Crippen molar-refractivity contribution in [2.75, 3.05) is 0 Å². The van der Waals surface area contributed by atoms with E-state index in [0.29, 0.717) is 11.0 Å². The van der Waals surface area contributed by atoms with Crippen LogP contribution in [0.2, 0.25) is 0 Å². The highest BCUT2D eigenvalue weighted by Crippen LogP contribution is 2.29. The average molecular weight is 305 g/mol. The topological polar surface area (TPSA) is 50.7 Å². The molecule has 112 valence electrons. The van der Waals surface area contributed by atoms with Gasteiger partial charge in [-0.25, -0.2) is 9.37 Å². The van der Waals surface area contributed by atoms with E-state index in [1.165, 1.54) is 18.5 Å². The Hall–Kier alpha value is -3.21. The summed E-state index contributed by atoms with van der Waals surface area (Å²) in [7, 11) is 0. The van der Waals surface area contributed by atoms with E-state index in [1.54, 1.807) is 18.2 Å². The van der Waals surface area contributed by atoms with Crippen LogP contribution in [-0.4, -0.2) is 14.5 Å². The number of hydrogen-bond acceptors (Lipinski definition) is 2. The Labute approximate surface area is 130 Å². The van der Waals surface area contributed by atoms with Crippen molar-refractivity contribution in [1.29, 1.82) is 0 Å². The van der Waals surface area contributed by atoms with Gasteiger partial charge >= 0.3 is 0 Å². The predicted octanol–water partition coefficient (Wildman–Crippen LogP) is 3.52. The van der Waals surface area contributed by atoms with Crippen molar-refractivity contribution in [3.05, 3.63) is 83.2 Å². The minimum Gasteiger partial charge on any atom is -0.313 e. The molecule has 0 aliphatic heterocycles. The summed E-state index contributed by atoms with van der Waals surface area (Å²) in [5, 5.41) is 0.496. The number of nitrogens with one attached hydrogen (secondary N) is 1. The molecule has 2 heterocycles. The van der Waals surface area contributed by atoms with Gasteiger partial charge in [0, 0.05) is 5.69 Å². The second kappa shape index (κ2) is 5.21. The normalized spacial score (nSPS) is 11.0. The van der Waals surface area contributed by atoms with Crippen LogP contribution >= 0.6 is 0 Å². The number of halogens is 1. The molecule has 23 heavy (non-hydrogen) atoms. The maximum absolute atomic E-state index is 13.2. The van der Waals surface area contributed by atoms with E-state index in [2.05, 4.69) is 9.97 Å². The standard InChI is InChI=1S/C18H12FN3O/c19-13-8-6-12(7-9-13)16-10-15-17(20-11-21-18(15)23)22(16)14-4-2-1-3-5-14/h1-11H,(H,20,21,23). The lowest BCUT2D eigenvalue weighted by atomic mass is 10.1. The number of para-hydroxylation sites is 1. The number of fused-ring (bicyclic) bond motifs is 1. The summed E-state index contributed by atoms with van der Waals surface area (Å²) in [4.78, 5) is 19.0. The van der Waals surface area contributed by atoms with E-state index in [9.17, 15) is 9.18 Å². The van der Waals surface area contributed by atoms with Crippen molar-refractivity contribution < 1.29 is 4.39 Å². The van der Waals surface area contributed by atoms with Crippen molar-refractivity contribution in [2.24, 2.45) is 0 Å². The molecule has 0 aliphatic rings. The first kappa shape index (κ1) is 13.5. The fraction of sp³-hybridized carbons (Fsp3) is 0. The Morgan fingerprint density at radius 3 is 2.48 bits per heavy atom. The second-order valence-corrected chi connectivity index (χ2v) is 5.18. The van der Waals surface area contributed by atoms with Crippen LogP contribution in [0, 0.1) is 5.82 Å². The van der Waals surface area contributed by atoms with Gasteiger partial charge in [-0.2, -0.15) is 0 Å². The highest BCUT2D eigenvalue weighted by Gasteiger charge is 2.15. The van der Waals surface area contributed by atoms with Crippen LogP contribution in [0.4, 0.5) is 4.39 Å². The molecule has 0 saturated heterocycles. The van der Waals surface area contributed by atoms with Crippen LogP contribution in [-0.2, 0) is 0 Å². The number of benzene rings is 2. The summed E-state index contributed by atoms with van der Waals surface area (Å²) >= 11 is 0. The first-order valence-electron chi connectivity index (χ1n) is 7.14. The molecule has 2 aromatic carbocycles. The number of aromatic nitrogens is 3. The molecule has 0 unspecified atom stereocenters. The fourth-order valence-electron chi connectivity index (χ4n) is 2.70. The summed E-state index contributed by atoms with van der Waals surface area (Å²) in [6, 6.07) is 17.6. The Morgan fingerprint density at radius 2 is 1.74 bits per heavy atom. The number of hydrogen-bond donors (Lipinski definition) is 1. The van der Waals surface area contributed by atoms with Gasteiger partial charge < -0.3 is 4.98 Å². The Balaban J connectivity index is 2.09. The van der Waals surface area contributed by atoms with Crippen LogP contribution in [0.25, 0.3) is 28.0 Å². The number of H-pyrrole nitrogens is 1. The van der Waals surface area contributed by atoms with Crippen molar-refractivity contribution in [2.45, 2.75) is 0 Å². The molecular weight excluding hydrogens is 293 g/mol. The number of rotatable bonds is 2. The van der Waals surface area contributed by atoms with Gasteiger partial charge in [0.2, 0.25) is 0 Å². The third-order valence-electron chi connectivity index (χ3n) is 3.76. The lowest BCUT2D eigenvalue weighted by Gasteiger charge is -2.10. The predicted molar refractivity (Wildman–Crippen MR) is 87.1 cm³/mol. The smallest absolute Gasteiger partial charge is 0.260 e. The maximum atomic E-state index is 13.2. The fourth-order valence-corrected chi connectivity index (χ4v) is 2.70. The Bertz CT molecular complexity index is 1030. The molecule has 4 aromatic rings. The first-order valence-corrected chi connectivity index (χ1v) is 7.14. The molecule has 0 aliphatic carbocycles. The van der Waals surface area contributed by atoms with Gasteiger partial charge in [0.15, 0.2) is 5.65 Å². The zero-order chi connectivity index (χ0) is 15.8. The molecule has 2 aromatic heterocycles. The van der Waals surface area contributed by atoms with Crippen LogP contribution in [0.3, 0.4) is 0 Å². The van der Waals surface area contributed by atoms with Gasteiger partial charge in [0.25, 0.3) is 5.56 Å². The van der Waals surface area contributed by atoms with E-state index < -0.39 is 0 Å². The van der Waals surface area contributed by atoms with Gasteiger partial charge in [-0.1, -0.05) is 18.2 Å². The summed E-state index contributed by atoms with van der Waals surface area (Å²) in [6.45, 7) is 0. The van der Waals surface area contributed by atoms with E-state index in [-0.39, 0.29) is 11.4 Å². The van der Waals surface area contributed by atoms with E-state index in [0.717, 1.165) is 16.9 Å². The molecule has 0 bridgehead atoms. The summed E-state index contributed by atoms with van der Waals surface area (Å²) < 4.78 is 15.1. The zero-order valence-electron chi connectivity index (χ0n) is 12.0. The minimum atomic E-state index is -0.299. The Morgan fingerprint density at radius 1 is 1.00 bits per heavy atom. The molecule has 0 fully saturated rings. The molecule has 0 spiro atoms. The molecule has 4 rings (SSSR count). The largest absolute Gasteiger partial charge is 0.313 e. The summed E-state index contributed by atoms with van der Waals surface area (Å²) in [5.74, 6) is -0.299. The van der Waals surface area contributed by atoms with Crippen LogP contribution < -0.4 is 5.56 Å². The second-order valence-electron chi connectivity index (χ2n) is 5.18. The molecule has 0 atom stereocenters. The van der Waals surface area contributed by atoms with E-state index >= 15 is 0 Å². The first-order chi connectivity index (χ1) is 11.2. The molecular formula is C18H12FN3O. The third kappa shape index (κ3) is 2.23. The van der Waals surface area contributed by atoms with Crippen molar-refractivity contribution in [3.8, 4) is 16.9 Å². The Kier molecular flexibility index (Phi) is 3.05. The zero-order valence-corrected chi connectivity index (χ0v) is 12.0. The van der Waals surface area contributed by atoms with Gasteiger partial charge in [-0.05, 0) is 48.0 Å². The van der Waals surface area contributed by atoms with Crippen molar-refractivity contribution in [3.63, 3.8) is 0 Å². The maximum Gasteiger partial charge on any atom is 0.260 e. The quantitative estimate of drug-likeness (QED) is 0.616. The lowest BCUT2D eigenvalue weighted by molar-refractivity contribution is 0.628. The molecule has 1 N–H and O–H groups in total. The number of nitrogens with zero attached hydrogens (tertiary/aromatic N) is 2. The van der Waals surface area contributed by atoms with Gasteiger partial charge in [0.05, 0.1) is 17.4 Å². The van der Waals surface area contributed by atoms with E-state index in [4.69, 9.17) is 0 Å². The molecule has 5 heteroatoms. The van der Waals surface area contributed by atoms with E-state index in [1.807, 2.05) is 34.9 Å². The lowest BCUT2D eigenvalue weighted by Crippen LogP contribution is -2.06. The van der Waals surface area contributed by atoms with Crippen molar-refractivity contribution >= 4 is 11.0 Å². The number of aromatic amines is 1. The highest BCUT2D eigenvalue weighted by molar-refractivity contribution is 5.85. The van der Waals surface area contributed by atoms with Gasteiger partial charge in [-0.15, -0.1) is 0 Å². The van der Waals surface area contributed by atoms with Crippen molar-refractivity contribution in [1.82, 2.24) is 14.5 Å². The van der Waals surface area contributed by atoms with Gasteiger partial charge in [0.1, 0.15) is 5.82 Å². The monoisotopic (exact) mass is 305 g/mol. The third-order valence-corrected chi connectivity index (χ3v) is 3.76. The molecule has 0 saturated carbocycles. The average Bonchev–Trinajstić information content (AvgIpc) is 2.97. The molecule has 0 amide bonds. The summed E-state index contributed by atoms with van der Waals surface area (Å²) in [6.07, 6.45) is 1.39. The minimum absolute atomic E-state index is 0.201. The van der Waals surface area contributed by atoms with Gasteiger partial charge in [-0.3, -0.25) is 9.36 Å². The SMILES string of the molecule is O=c1[nH]cnc2c1cc(-c1ccc(F)cc1)n2-c1ccccc1. The highest BCUT2D eigenvalue weighted by atomic mass is 19.1. The van der Waals surface area contributed by atoms with Crippen LogP contribution in [0.1, 0.15) is 0 Å². The molecule has 4 nitrogen and oxygen atoms in total. The van der Waals surface area contributed by atoms with Crippen LogP contribution in [0.15, 0.2) is 71.8 Å². The molecule has 0 radical (unpaired) electrons. The summed E-state index contributed by atoms with van der Waals surface area (Å²) in [5.41, 5.74) is 2.86. The van der Waals surface area contributed by atoms with Crippen LogP contribution in [0.5, 0.6) is 0 Å².